The fourth-order valence-corrected chi connectivity index (χ4v) is 4.24. The van der Waals surface area contributed by atoms with Gasteiger partial charge >= 0.3 is 0 Å². The van der Waals surface area contributed by atoms with Gasteiger partial charge in [-0.3, -0.25) is 19.3 Å². The van der Waals surface area contributed by atoms with Gasteiger partial charge in [0, 0.05) is 19.5 Å². The molecule has 3 rings (SSSR count). The molecule has 0 spiro atoms. The number of hydrogen-bond acceptors (Lipinski definition) is 5. The molecule has 0 aliphatic carbocycles. The molecule has 2 aromatic rings. The number of rotatable bonds is 9. The van der Waals surface area contributed by atoms with E-state index in [0.717, 1.165) is 28.6 Å². The van der Waals surface area contributed by atoms with Crippen molar-refractivity contribution in [3.8, 4) is 5.75 Å². The van der Waals surface area contributed by atoms with E-state index < -0.39 is 0 Å². The molecule has 7 heteroatoms. The Morgan fingerprint density at radius 3 is 2.38 bits per heavy atom. The number of hydrogen-bond donors (Lipinski definition) is 1. The van der Waals surface area contributed by atoms with Crippen LogP contribution in [0.1, 0.15) is 50.3 Å². The number of thioether (sulfide) groups is 1. The van der Waals surface area contributed by atoms with Crippen molar-refractivity contribution in [2.45, 2.75) is 46.0 Å². The van der Waals surface area contributed by atoms with E-state index in [1.54, 1.807) is 6.08 Å². The molecule has 1 fully saturated rings. The summed E-state index contributed by atoms with van der Waals surface area (Å²) in [6.45, 7) is 9.30. The molecule has 0 unspecified atom stereocenters. The second-order valence-electron chi connectivity index (χ2n) is 9.32. The molecule has 6 nitrogen and oxygen atoms in total. The first-order valence-electron chi connectivity index (χ1n) is 11.5. The van der Waals surface area contributed by atoms with E-state index in [2.05, 4.69) is 38.2 Å². The molecule has 34 heavy (non-hydrogen) atoms. The Balaban J connectivity index is 1.36. The summed E-state index contributed by atoms with van der Waals surface area (Å²) in [5, 5.41) is 2.46. The van der Waals surface area contributed by atoms with Gasteiger partial charge in [-0.1, -0.05) is 62.7 Å². The lowest BCUT2D eigenvalue weighted by molar-refractivity contribution is -0.124. The summed E-state index contributed by atoms with van der Waals surface area (Å²) >= 11 is 0.926. The molecule has 1 aliphatic rings. The fraction of sp³-hybridized carbons (Fsp3) is 0.370. The van der Waals surface area contributed by atoms with Crippen molar-refractivity contribution in [3.63, 3.8) is 0 Å². The highest BCUT2D eigenvalue weighted by atomic mass is 32.2. The first kappa shape index (κ1) is 25.6. The SMILES string of the molecule is Cc1ccc(C=C2SC(=O)N(CCNC(=O)CCCOc3ccc(C(C)(C)C)cc3)C2=O)cc1. The van der Waals surface area contributed by atoms with Crippen molar-refractivity contribution in [1.82, 2.24) is 10.2 Å². The average molecular weight is 481 g/mol. The third-order valence-electron chi connectivity index (χ3n) is 5.44. The first-order valence-corrected chi connectivity index (χ1v) is 12.3. The second-order valence-corrected chi connectivity index (χ2v) is 10.3. The van der Waals surface area contributed by atoms with E-state index in [9.17, 15) is 14.4 Å². The minimum atomic E-state index is -0.323. The molecular formula is C27H32N2O4S. The van der Waals surface area contributed by atoms with E-state index >= 15 is 0 Å². The van der Waals surface area contributed by atoms with Crippen LogP contribution in [0.15, 0.2) is 53.4 Å². The van der Waals surface area contributed by atoms with Gasteiger partial charge in [0.1, 0.15) is 5.75 Å². The third kappa shape index (κ3) is 7.22. The Labute approximate surface area is 205 Å². The predicted molar refractivity (Wildman–Crippen MR) is 137 cm³/mol. The van der Waals surface area contributed by atoms with Crippen LogP contribution in [-0.2, 0) is 15.0 Å². The zero-order chi connectivity index (χ0) is 24.7. The van der Waals surface area contributed by atoms with Gasteiger partial charge in [0.15, 0.2) is 0 Å². The highest BCUT2D eigenvalue weighted by Crippen LogP contribution is 2.32. The monoisotopic (exact) mass is 480 g/mol. The number of nitrogens with zero attached hydrogens (tertiary/aromatic N) is 1. The maximum atomic E-state index is 12.6. The van der Waals surface area contributed by atoms with Gasteiger partial charge < -0.3 is 10.1 Å². The van der Waals surface area contributed by atoms with Crippen LogP contribution in [0, 0.1) is 6.92 Å². The predicted octanol–water partition coefficient (Wildman–Crippen LogP) is 5.30. The lowest BCUT2D eigenvalue weighted by Crippen LogP contribution is -2.37. The minimum Gasteiger partial charge on any atom is -0.494 e. The molecule has 0 aromatic heterocycles. The zero-order valence-corrected chi connectivity index (χ0v) is 21.0. The van der Waals surface area contributed by atoms with Crippen LogP contribution >= 0.6 is 11.8 Å². The molecular weight excluding hydrogens is 448 g/mol. The summed E-state index contributed by atoms with van der Waals surface area (Å²) in [5.74, 6) is 0.330. The average Bonchev–Trinajstić information content (AvgIpc) is 3.05. The van der Waals surface area contributed by atoms with Crippen LogP contribution in [0.2, 0.25) is 0 Å². The van der Waals surface area contributed by atoms with Crippen LogP contribution in [0.25, 0.3) is 6.08 Å². The molecule has 0 saturated carbocycles. The molecule has 0 radical (unpaired) electrons. The summed E-state index contributed by atoms with van der Waals surface area (Å²) in [7, 11) is 0. The molecule has 3 amide bonds. The van der Waals surface area contributed by atoms with Crippen molar-refractivity contribution in [3.05, 3.63) is 70.1 Å². The lowest BCUT2D eigenvalue weighted by Gasteiger charge is -2.19. The Morgan fingerprint density at radius 2 is 1.74 bits per heavy atom. The van der Waals surface area contributed by atoms with Crippen molar-refractivity contribution in [1.29, 1.82) is 0 Å². The Bertz CT molecular complexity index is 1050. The number of aryl methyl sites for hydroxylation is 1. The largest absolute Gasteiger partial charge is 0.494 e. The summed E-state index contributed by atoms with van der Waals surface area (Å²) in [6, 6.07) is 15.8. The molecule has 0 atom stereocenters. The van der Waals surface area contributed by atoms with Gasteiger partial charge in [-0.25, -0.2) is 0 Å². The van der Waals surface area contributed by atoms with E-state index in [0.29, 0.717) is 24.4 Å². The van der Waals surface area contributed by atoms with Crippen LogP contribution in [0.3, 0.4) is 0 Å². The molecule has 1 N–H and O–H groups in total. The van der Waals surface area contributed by atoms with E-state index in [1.165, 1.54) is 10.5 Å². The minimum absolute atomic E-state index is 0.0958. The lowest BCUT2D eigenvalue weighted by atomic mass is 9.87. The molecule has 2 aromatic carbocycles. The molecule has 180 valence electrons. The van der Waals surface area contributed by atoms with Crippen molar-refractivity contribution in [2.75, 3.05) is 19.7 Å². The van der Waals surface area contributed by atoms with Gasteiger partial charge in [-0.15, -0.1) is 0 Å². The Kier molecular flexibility index (Phi) is 8.56. The first-order chi connectivity index (χ1) is 16.1. The summed E-state index contributed by atoms with van der Waals surface area (Å²) in [6.07, 6.45) is 2.61. The smallest absolute Gasteiger partial charge is 0.293 e. The molecule has 1 heterocycles. The normalized spacial score (nSPS) is 15.2. The highest BCUT2D eigenvalue weighted by Gasteiger charge is 2.34. The quantitative estimate of drug-likeness (QED) is 0.389. The zero-order valence-electron chi connectivity index (χ0n) is 20.2. The maximum Gasteiger partial charge on any atom is 0.293 e. The number of amides is 3. The summed E-state index contributed by atoms with van der Waals surface area (Å²) < 4.78 is 5.72. The number of nitrogens with one attached hydrogen (secondary N) is 1. The van der Waals surface area contributed by atoms with Gasteiger partial charge in [0.2, 0.25) is 5.91 Å². The van der Waals surface area contributed by atoms with E-state index in [-0.39, 0.29) is 35.6 Å². The van der Waals surface area contributed by atoms with Crippen LogP contribution < -0.4 is 10.1 Å². The topological polar surface area (TPSA) is 75.7 Å². The number of carbonyl (C=O) groups is 3. The summed E-state index contributed by atoms with van der Waals surface area (Å²) in [5.41, 5.74) is 3.34. The molecule has 0 bridgehead atoms. The maximum absolute atomic E-state index is 12.6. The number of ether oxygens (including phenoxy) is 1. The van der Waals surface area contributed by atoms with Crippen molar-refractivity contribution < 1.29 is 19.1 Å². The van der Waals surface area contributed by atoms with Crippen molar-refractivity contribution >= 4 is 34.9 Å². The molecule has 1 saturated heterocycles. The highest BCUT2D eigenvalue weighted by molar-refractivity contribution is 8.18. The number of imide groups is 1. The number of carbonyl (C=O) groups excluding carboxylic acids is 3. The molecule has 1 aliphatic heterocycles. The van der Waals surface area contributed by atoms with Crippen molar-refractivity contribution in [2.24, 2.45) is 0 Å². The Morgan fingerprint density at radius 1 is 1.06 bits per heavy atom. The van der Waals surface area contributed by atoms with Gasteiger partial charge in [-0.05, 0) is 59.9 Å². The fourth-order valence-electron chi connectivity index (χ4n) is 3.38. The van der Waals surface area contributed by atoms with Gasteiger partial charge in [-0.2, -0.15) is 0 Å². The van der Waals surface area contributed by atoms with E-state index in [4.69, 9.17) is 4.74 Å². The van der Waals surface area contributed by atoms with E-state index in [1.807, 2.05) is 43.3 Å². The van der Waals surface area contributed by atoms with Crippen LogP contribution in [0.5, 0.6) is 5.75 Å². The number of benzene rings is 2. The van der Waals surface area contributed by atoms with Gasteiger partial charge in [0.05, 0.1) is 11.5 Å². The standard InChI is InChI=1S/C27H32N2O4S/c1-19-7-9-20(10-8-19)18-23-25(31)29(26(32)34-23)16-15-28-24(30)6-5-17-33-22-13-11-21(12-14-22)27(2,3)4/h7-14,18H,5-6,15-17H2,1-4H3,(H,28,30). The van der Waals surface area contributed by atoms with Crippen LogP contribution in [-0.4, -0.2) is 41.6 Å². The van der Waals surface area contributed by atoms with Gasteiger partial charge in [0.25, 0.3) is 11.1 Å². The Hall–Kier alpha value is -3.06. The van der Waals surface area contributed by atoms with Crippen LogP contribution in [0.4, 0.5) is 4.79 Å². The third-order valence-corrected chi connectivity index (χ3v) is 6.35. The second kappa shape index (κ2) is 11.4. The summed E-state index contributed by atoms with van der Waals surface area (Å²) in [4.78, 5) is 38.5.